The number of piperidine rings is 1. The van der Waals surface area contributed by atoms with Crippen LogP contribution in [0.1, 0.15) is 36.4 Å². The van der Waals surface area contributed by atoms with Crippen molar-refractivity contribution < 1.29 is 9.84 Å². The Balaban J connectivity index is 1.58. The predicted molar refractivity (Wildman–Crippen MR) is 92.6 cm³/mol. The van der Waals surface area contributed by atoms with Gasteiger partial charge in [0.25, 0.3) is 0 Å². The van der Waals surface area contributed by atoms with Crippen molar-refractivity contribution in [2.24, 2.45) is 0 Å². The Hall–Kier alpha value is -0.940. The summed E-state index contributed by atoms with van der Waals surface area (Å²) in [5, 5.41) is 10.5. The molecule has 2 saturated heterocycles. The second kappa shape index (κ2) is 8.25. The van der Waals surface area contributed by atoms with E-state index in [4.69, 9.17) is 4.74 Å². The topological polar surface area (TPSA) is 35.9 Å². The fourth-order valence-corrected chi connectivity index (χ4v) is 3.79. The van der Waals surface area contributed by atoms with Gasteiger partial charge in [-0.05, 0) is 31.9 Å². The molecule has 1 N–H and O–H groups in total. The van der Waals surface area contributed by atoms with E-state index in [2.05, 4.69) is 41.0 Å². The molecule has 4 heteroatoms. The van der Waals surface area contributed by atoms with Gasteiger partial charge in [-0.2, -0.15) is 0 Å². The van der Waals surface area contributed by atoms with Crippen molar-refractivity contribution in [1.29, 1.82) is 0 Å². The highest BCUT2D eigenvalue weighted by Crippen LogP contribution is 2.31. The first-order valence-corrected chi connectivity index (χ1v) is 9.01. The summed E-state index contributed by atoms with van der Waals surface area (Å²) in [5.41, 5.74) is 2.71. The van der Waals surface area contributed by atoms with Gasteiger partial charge in [0.15, 0.2) is 0 Å². The summed E-state index contributed by atoms with van der Waals surface area (Å²) >= 11 is 0. The minimum Gasteiger partial charge on any atom is -0.390 e. The van der Waals surface area contributed by atoms with Crippen molar-refractivity contribution in [1.82, 2.24) is 9.80 Å². The average Bonchev–Trinajstić information content (AvgIpc) is 2.57. The first-order valence-electron chi connectivity index (χ1n) is 9.01. The van der Waals surface area contributed by atoms with Crippen molar-refractivity contribution in [2.75, 3.05) is 45.9 Å². The number of β-amino-alcohol motifs (C(OH)–C–C–N with tert-alkyl or cyclic N) is 1. The molecule has 2 heterocycles. The van der Waals surface area contributed by atoms with Gasteiger partial charge >= 0.3 is 0 Å². The van der Waals surface area contributed by atoms with Crippen LogP contribution in [0.2, 0.25) is 0 Å². The van der Waals surface area contributed by atoms with E-state index in [1.807, 2.05) is 0 Å². The van der Waals surface area contributed by atoms with Gasteiger partial charge in [-0.25, -0.2) is 0 Å². The molecule has 0 spiro atoms. The molecule has 128 valence electrons. The Morgan fingerprint density at radius 1 is 1.09 bits per heavy atom. The van der Waals surface area contributed by atoms with Crippen LogP contribution in [0, 0.1) is 6.92 Å². The maximum Gasteiger partial charge on any atom is 0.0794 e. The number of ether oxygens (including phenoxy) is 1. The highest BCUT2D eigenvalue weighted by molar-refractivity contribution is 5.24. The van der Waals surface area contributed by atoms with Crippen LogP contribution in [0.5, 0.6) is 0 Å². The Labute approximate surface area is 140 Å². The van der Waals surface area contributed by atoms with Crippen LogP contribution in [0.4, 0.5) is 0 Å². The number of benzene rings is 1. The maximum atomic E-state index is 10.5. The molecule has 1 aromatic carbocycles. The third-order valence-electron chi connectivity index (χ3n) is 5.09. The summed E-state index contributed by atoms with van der Waals surface area (Å²) in [6, 6.07) is 9.38. The van der Waals surface area contributed by atoms with Crippen molar-refractivity contribution in [3.05, 3.63) is 35.4 Å². The van der Waals surface area contributed by atoms with E-state index in [1.54, 1.807) is 0 Å². The van der Waals surface area contributed by atoms with Crippen molar-refractivity contribution in [3.8, 4) is 0 Å². The Kier molecular flexibility index (Phi) is 6.06. The molecule has 0 radical (unpaired) electrons. The largest absolute Gasteiger partial charge is 0.390 e. The zero-order chi connectivity index (χ0) is 16.1. The van der Waals surface area contributed by atoms with Crippen LogP contribution in [0.3, 0.4) is 0 Å². The fraction of sp³-hybridized carbons (Fsp3) is 0.684. The molecule has 0 amide bonds. The quantitative estimate of drug-likeness (QED) is 0.903. The molecule has 1 aromatic rings. The van der Waals surface area contributed by atoms with Gasteiger partial charge in [0, 0.05) is 32.2 Å². The average molecular weight is 318 g/mol. The van der Waals surface area contributed by atoms with Gasteiger partial charge in [0.05, 0.1) is 19.3 Å². The molecular formula is C19H30N2O2. The van der Waals surface area contributed by atoms with E-state index in [-0.39, 0.29) is 6.10 Å². The summed E-state index contributed by atoms with van der Waals surface area (Å²) in [6.07, 6.45) is 3.45. The molecule has 0 aromatic heterocycles. The van der Waals surface area contributed by atoms with Gasteiger partial charge in [0.1, 0.15) is 0 Å². The molecule has 2 fully saturated rings. The summed E-state index contributed by atoms with van der Waals surface area (Å²) in [4.78, 5) is 4.80. The number of aliphatic hydroxyl groups excluding tert-OH is 1. The molecule has 4 nitrogen and oxygen atoms in total. The highest BCUT2D eigenvalue weighted by atomic mass is 16.5. The lowest BCUT2D eigenvalue weighted by molar-refractivity contribution is -0.000533. The third kappa shape index (κ3) is 4.77. The molecule has 2 unspecified atom stereocenters. The normalized spacial score (nSPS) is 25.4. The SMILES string of the molecule is Cc1ccc(C2CCCCN2CC(O)CN2CCOCC2)cc1. The van der Waals surface area contributed by atoms with Gasteiger partial charge in [-0.15, -0.1) is 0 Å². The minimum atomic E-state index is -0.279. The first-order chi connectivity index (χ1) is 11.2. The van der Waals surface area contributed by atoms with Gasteiger partial charge in [0.2, 0.25) is 0 Å². The lowest BCUT2D eigenvalue weighted by Crippen LogP contribution is -2.46. The lowest BCUT2D eigenvalue weighted by atomic mass is 9.94. The number of morpholine rings is 1. The number of likely N-dealkylation sites (tertiary alicyclic amines) is 1. The number of hydrogen-bond acceptors (Lipinski definition) is 4. The van der Waals surface area contributed by atoms with Crippen LogP contribution in [-0.2, 0) is 4.74 Å². The second-order valence-electron chi connectivity index (χ2n) is 6.98. The van der Waals surface area contributed by atoms with Crippen molar-refractivity contribution >= 4 is 0 Å². The van der Waals surface area contributed by atoms with E-state index in [0.29, 0.717) is 6.04 Å². The third-order valence-corrected chi connectivity index (χ3v) is 5.09. The van der Waals surface area contributed by atoms with Crippen LogP contribution in [0.25, 0.3) is 0 Å². The summed E-state index contributed by atoms with van der Waals surface area (Å²) in [5.74, 6) is 0. The van der Waals surface area contributed by atoms with Gasteiger partial charge in [-0.1, -0.05) is 36.2 Å². The summed E-state index contributed by atoms with van der Waals surface area (Å²) < 4.78 is 5.38. The number of rotatable bonds is 5. The van der Waals surface area contributed by atoms with E-state index in [1.165, 1.54) is 30.4 Å². The standard InChI is InChI=1S/C19H30N2O2/c1-16-5-7-17(8-6-16)19-4-2-3-9-21(19)15-18(22)14-20-10-12-23-13-11-20/h5-8,18-19,22H,2-4,9-15H2,1H3. The van der Waals surface area contributed by atoms with E-state index < -0.39 is 0 Å². The lowest BCUT2D eigenvalue weighted by Gasteiger charge is -2.38. The monoisotopic (exact) mass is 318 g/mol. The highest BCUT2D eigenvalue weighted by Gasteiger charge is 2.26. The molecule has 0 aliphatic carbocycles. The van der Waals surface area contributed by atoms with Crippen LogP contribution in [-0.4, -0.2) is 66.9 Å². The molecule has 23 heavy (non-hydrogen) atoms. The Morgan fingerprint density at radius 2 is 1.83 bits per heavy atom. The predicted octanol–water partition coefficient (Wildman–Crippen LogP) is 2.22. The Bertz CT molecular complexity index is 471. The Morgan fingerprint density at radius 3 is 2.57 bits per heavy atom. The smallest absolute Gasteiger partial charge is 0.0794 e. The second-order valence-corrected chi connectivity index (χ2v) is 6.98. The zero-order valence-electron chi connectivity index (χ0n) is 14.3. The van der Waals surface area contributed by atoms with E-state index in [0.717, 1.165) is 45.9 Å². The molecule has 2 aliphatic rings. The number of hydrogen-bond donors (Lipinski definition) is 1. The molecule has 0 bridgehead atoms. The van der Waals surface area contributed by atoms with Crippen LogP contribution in [0.15, 0.2) is 24.3 Å². The first kappa shape index (κ1) is 16.9. The molecule has 2 aliphatic heterocycles. The van der Waals surface area contributed by atoms with Gasteiger partial charge < -0.3 is 9.84 Å². The number of nitrogens with zero attached hydrogens (tertiary/aromatic N) is 2. The van der Waals surface area contributed by atoms with E-state index in [9.17, 15) is 5.11 Å². The molecular weight excluding hydrogens is 288 g/mol. The number of aliphatic hydroxyl groups is 1. The molecule has 2 atom stereocenters. The zero-order valence-corrected chi connectivity index (χ0v) is 14.3. The van der Waals surface area contributed by atoms with E-state index >= 15 is 0 Å². The van der Waals surface area contributed by atoms with Crippen molar-refractivity contribution in [3.63, 3.8) is 0 Å². The maximum absolute atomic E-state index is 10.5. The van der Waals surface area contributed by atoms with Crippen LogP contribution < -0.4 is 0 Å². The fourth-order valence-electron chi connectivity index (χ4n) is 3.79. The summed E-state index contributed by atoms with van der Waals surface area (Å²) in [6.45, 7) is 8.24. The molecule has 0 saturated carbocycles. The van der Waals surface area contributed by atoms with Gasteiger partial charge in [-0.3, -0.25) is 9.80 Å². The number of aryl methyl sites for hydroxylation is 1. The van der Waals surface area contributed by atoms with Crippen LogP contribution >= 0.6 is 0 Å². The summed E-state index contributed by atoms with van der Waals surface area (Å²) in [7, 11) is 0. The van der Waals surface area contributed by atoms with Crippen molar-refractivity contribution in [2.45, 2.75) is 38.3 Å². The minimum absolute atomic E-state index is 0.279. The molecule has 3 rings (SSSR count).